The molecule has 0 aliphatic carbocycles. The fraction of sp³-hybridized carbons (Fsp3) is 0.500. The topological polar surface area (TPSA) is 93.2 Å². The molecule has 1 fully saturated rings. The van der Waals surface area contributed by atoms with E-state index in [0.717, 1.165) is 10.4 Å². The van der Waals surface area contributed by atoms with Crippen LogP contribution in [0.25, 0.3) is 0 Å². The Morgan fingerprint density at radius 3 is 2.46 bits per heavy atom. The van der Waals surface area contributed by atoms with Crippen LogP contribution in [0.2, 0.25) is 5.02 Å². The summed E-state index contributed by atoms with van der Waals surface area (Å²) in [7, 11) is -1.10. The first-order chi connectivity index (χ1) is 12.1. The van der Waals surface area contributed by atoms with Gasteiger partial charge in [-0.25, -0.2) is 17.5 Å². The number of carbonyl (C=O) groups is 2. The molecule has 0 radical (unpaired) electrons. The standard InChI is InChI=1S/C16H21ClN2O6S/c1-11(15(20)19-6-8-24-9-7-19)25-16(21)12-4-5-13(17)14(10-12)26(22,23)18(2)3/h4-5,10-11H,6-9H2,1-3H3. The molecule has 1 unspecified atom stereocenters. The summed E-state index contributed by atoms with van der Waals surface area (Å²) in [6.45, 7) is 3.23. The maximum atomic E-state index is 12.3. The van der Waals surface area contributed by atoms with Crippen molar-refractivity contribution >= 4 is 33.5 Å². The van der Waals surface area contributed by atoms with Crippen LogP contribution >= 0.6 is 11.6 Å². The highest BCUT2D eigenvalue weighted by Crippen LogP contribution is 2.25. The summed E-state index contributed by atoms with van der Waals surface area (Å²) in [6.07, 6.45) is -0.995. The van der Waals surface area contributed by atoms with Gasteiger partial charge in [0.25, 0.3) is 5.91 Å². The number of hydrogen-bond acceptors (Lipinski definition) is 6. The van der Waals surface area contributed by atoms with Crippen molar-refractivity contribution in [2.24, 2.45) is 0 Å². The number of nitrogens with zero attached hydrogens (tertiary/aromatic N) is 2. The smallest absolute Gasteiger partial charge is 0.338 e. The number of benzene rings is 1. The molecule has 0 saturated carbocycles. The number of morpholine rings is 1. The molecule has 8 nitrogen and oxygen atoms in total. The molecule has 1 saturated heterocycles. The molecule has 1 amide bonds. The predicted molar refractivity (Wildman–Crippen MR) is 94.6 cm³/mol. The van der Waals surface area contributed by atoms with E-state index in [1.54, 1.807) is 4.90 Å². The van der Waals surface area contributed by atoms with E-state index in [-0.39, 0.29) is 21.4 Å². The third kappa shape index (κ3) is 4.53. The van der Waals surface area contributed by atoms with Crippen molar-refractivity contribution in [1.29, 1.82) is 0 Å². The highest BCUT2D eigenvalue weighted by atomic mass is 35.5. The van der Waals surface area contributed by atoms with E-state index in [0.29, 0.717) is 26.3 Å². The summed E-state index contributed by atoms with van der Waals surface area (Å²) in [5.41, 5.74) is -0.00328. The van der Waals surface area contributed by atoms with E-state index in [4.69, 9.17) is 21.1 Å². The molecule has 0 N–H and O–H groups in total. The van der Waals surface area contributed by atoms with Gasteiger partial charge in [0.05, 0.1) is 23.8 Å². The number of carbonyl (C=O) groups excluding carboxylic acids is 2. The quantitative estimate of drug-likeness (QED) is 0.679. The Labute approximate surface area is 157 Å². The lowest BCUT2D eigenvalue weighted by Crippen LogP contribution is -2.46. The maximum Gasteiger partial charge on any atom is 0.338 e. The van der Waals surface area contributed by atoms with Gasteiger partial charge in [0, 0.05) is 27.2 Å². The lowest BCUT2D eigenvalue weighted by Gasteiger charge is -2.29. The molecule has 1 atom stereocenters. The Morgan fingerprint density at radius 1 is 1.27 bits per heavy atom. The third-order valence-electron chi connectivity index (χ3n) is 3.88. The summed E-state index contributed by atoms with van der Waals surface area (Å²) < 4.78 is 35.9. The predicted octanol–water partition coefficient (Wildman–Crippen LogP) is 0.994. The van der Waals surface area contributed by atoms with Crippen LogP contribution in [0, 0.1) is 0 Å². The van der Waals surface area contributed by atoms with E-state index in [1.807, 2.05) is 0 Å². The van der Waals surface area contributed by atoms with Gasteiger partial charge >= 0.3 is 5.97 Å². The van der Waals surface area contributed by atoms with Crippen molar-refractivity contribution < 1.29 is 27.5 Å². The molecule has 144 valence electrons. The van der Waals surface area contributed by atoms with Crippen LogP contribution in [0.4, 0.5) is 0 Å². The van der Waals surface area contributed by atoms with Gasteiger partial charge in [-0.1, -0.05) is 11.6 Å². The molecule has 0 aromatic heterocycles. The first-order valence-electron chi connectivity index (χ1n) is 7.94. The summed E-state index contributed by atoms with van der Waals surface area (Å²) in [5.74, 6) is -1.12. The van der Waals surface area contributed by atoms with Crippen LogP contribution in [-0.4, -0.2) is 76.0 Å². The maximum absolute atomic E-state index is 12.3. The van der Waals surface area contributed by atoms with Crippen molar-refractivity contribution in [2.45, 2.75) is 17.9 Å². The zero-order chi connectivity index (χ0) is 19.5. The molecule has 26 heavy (non-hydrogen) atoms. The number of halogens is 1. The average molecular weight is 405 g/mol. The second kappa shape index (κ2) is 8.34. The summed E-state index contributed by atoms with van der Waals surface area (Å²) in [4.78, 5) is 26.0. The van der Waals surface area contributed by atoms with Gasteiger partial charge in [-0.2, -0.15) is 0 Å². The normalized spacial score (nSPS) is 16.4. The number of ether oxygens (including phenoxy) is 2. The van der Waals surface area contributed by atoms with Gasteiger partial charge in [0.15, 0.2) is 6.10 Å². The van der Waals surface area contributed by atoms with Crippen molar-refractivity contribution in [3.63, 3.8) is 0 Å². The Morgan fingerprint density at radius 2 is 1.88 bits per heavy atom. The zero-order valence-corrected chi connectivity index (χ0v) is 16.3. The second-order valence-electron chi connectivity index (χ2n) is 5.92. The second-order valence-corrected chi connectivity index (χ2v) is 8.45. The Hall–Kier alpha value is -1.68. The molecular weight excluding hydrogens is 384 g/mol. The number of amides is 1. The van der Waals surface area contributed by atoms with Gasteiger partial charge in [-0.05, 0) is 25.1 Å². The number of rotatable bonds is 5. The molecule has 1 heterocycles. The Balaban J connectivity index is 2.15. The fourth-order valence-corrected chi connectivity index (χ4v) is 3.74. The van der Waals surface area contributed by atoms with Gasteiger partial charge in [-0.3, -0.25) is 4.79 Å². The minimum Gasteiger partial charge on any atom is -0.449 e. The molecule has 1 aromatic carbocycles. The molecule has 10 heteroatoms. The molecule has 1 aliphatic heterocycles. The molecule has 1 aliphatic rings. The zero-order valence-electron chi connectivity index (χ0n) is 14.8. The molecule has 0 bridgehead atoms. The Kier molecular flexibility index (Phi) is 6.62. The third-order valence-corrected chi connectivity index (χ3v) is 6.18. The minimum absolute atomic E-state index is 0.00328. The highest BCUT2D eigenvalue weighted by Gasteiger charge is 2.27. The minimum atomic E-state index is -3.82. The highest BCUT2D eigenvalue weighted by molar-refractivity contribution is 7.89. The van der Waals surface area contributed by atoms with E-state index in [2.05, 4.69) is 0 Å². The number of hydrogen-bond donors (Lipinski definition) is 0. The monoisotopic (exact) mass is 404 g/mol. The first kappa shape index (κ1) is 20.6. The van der Waals surface area contributed by atoms with Crippen LogP contribution in [0.1, 0.15) is 17.3 Å². The largest absolute Gasteiger partial charge is 0.449 e. The van der Waals surface area contributed by atoms with Crippen molar-refractivity contribution in [2.75, 3.05) is 40.4 Å². The van der Waals surface area contributed by atoms with Crippen LogP contribution in [0.15, 0.2) is 23.1 Å². The van der Waals surface area contributed by atoms with Crippen molar-refractivity contribution in [1.82, 2.24) is 9.21 Å². The molecular formula is C16H21ClN2O6S. The average Bonchev–Trinajstić information content (AvgIpc) is 2.61. The lowest BCUT2D eigenvalue weighted by molar-refractivity contribution is -0.143. The van der Waals surface area contributed by atoms with E-state index >= 15 is 0 Å². The van der Waals surface area contributed by atoms with Crippen LogP contribution in [0.3, 0.4) is 0 Å². The summed E-state index contributed by atoms with van der Waals surface area (Å²) in [6, 6.07) is 3.81. The van der Waals surface area contributed by atoms with Crippen LogP contribution in [-0.2, 0) is 24.3 Å². The van der Waals surface area contributed by atoms with Crippen molar-refractivity contribution in [3.05, 3.63) is 28.8 Å². The van der Waals surface area contributed by atoms with E-state index < -0.39 is 22.1 Å². The molecule has 2 rings (SSSR count). The van der Waals surface area contributed by atoms with Gasteiger partial charge < -0.3 is 14.4 Å². The van der Waals surface area contributed by atoms with Crippen LogP contribution in [0.5, 0.6) is 0 Å². The van der Waals surface area contributed by atoms with E-state index in [1.165, 1.54) is 33.2 Å². The van der Waals surface area contributed by atoms with Gasteiger partial charge in [0.1, 0.15) is 4.90 Å². The van der Waals surface area contributed by atoms with Gasteiger partial charge in [0.2, 0.25) is 10.0 Å². The number of sulfonamides is 1. The summed E-state index contributed by atoms with van der Waals surface area (Å²) >= 11 is 5.96. The fourth-order valence-electron chi connectivity index (χ4n) is 2.34. The molecule has 0 spiro atoms. The SMILES string of the molecule is CC(OC(=O)c1ccc(Cl)c(S(=O)(=O)N(C)C)c1)C(=O)N1CCOCC1. The van der Waals surface area contributed by atoms with Crippen molar-refractivity contribution in [3.8, 4) is 0 Å². The lowest BCUT2D eigenvalue weighted by atomic mass is 10.2. The molecule has 1 aromatic rings. The van der Waals surface area contributed by atoms with Gasteiger partial charge in [-0.15, -0.1) is 0 Å². The number of esters is 1. The first-order valence-corrected chi connectivity index (χ1v) is 9.76. The van der Waals surface area contributed by atoms with Crippen LogP contribution < -0.4 is 0 Å². The summed E-state index contributed by atoms with van der Waals surface area (Å²) in [5, 5.41) is -0.00677. The van der Waals surface area contributed by atoms with E-state index in [9.17, 15) is 18.0 Å². The Bertz CT molecular complexity index is 790.